The second kappa shape index (κ2) is 5.22. The number of aryl methyl sites for hydroxylation is 2. The van der Waals surface area contributed by atoms with Crippen LogP contribution in [0.3, 0.4) is 0 Å². The lowest BCUT2D eigenvalue weighted by atomic mass is 10.0. The fourth-order valence-electron chi connectivity index (χ4n) is 2.18. The molecule has 0 aliphatic heterocycles. The Balaban J connectivity index is 2.42. The first-order valence-electron chi connectivity index (χ1n) is 6.00. The zero-order valence-corrected chi connectivity index (χ0v) is 10.9. The molecule has 19 heavy (non-hydrogen) atoms. The number of hydrogen-bond acceptors (Lipinski definition) is 2. The van der Waals surface area contributed by atoms with Crippen molar-refractivity contribution in [3.8, 4) is 11.3 Å². The van der Waals surface area contributed by atoms with E-state index >= 15 is 0 Å². The highest BCUT2D eigenvalue weighted by atomic mass is 19.1. The van der Waals surface area contributed by atoms with E-state index < -0.39 is 5.97 Å². The molecule has 0 unspecified atom stereocenters. The van der Waals surface area contributed by atoms with Gasteiger partial charge < -0.3 is 5.11 Å². The predicted octanol–water partition coefficient (Wildman–Crippen LogP) is 2.55. The van der Waals surface area contributed by atoms with Crippen LogP contribution in [0.25, 0.3) is 11.3 Å². The molecule has 0 aliphatic carbocycles. The van der Waals surface area contributed by atoms with Crippen molar-refractivity contribution >= 4 is 5.97 Å². The molecule has 0 saturated carbocycles. The summed E-state index contributed by atoms with van der Waals surface area (Å²) in [5.41, 5.74) is 2.70. The van der Waals surface area contributed by atoms with Gasteiger partial charge in [-0.2, -0.15) is 5.10 Å². The molecular formula is C14H15FN2O2. The highest BCUT2D eigenvalue weighted by Gasteiger charge is 2.17. The Hall–Kier alpha value is -2.17. The van der Waals surface area contributed by atoms with Crippen LogP contribution in [0.1, 0.15) is 17.7 Å². The number of aromatic nitrogens is 2. The molecule has 0 radical (unpaired) electrons. The quantitative estimate of drug-likeness (QED) is 0.921. The van der Waals surface area contributed by atoms with Gasteiger partial charge in [0.15, 0.2) is 0 Å². The summed E-state index contributed by atoms with van der Waals surface area (Å²) in [7, 11) is 1.74. The number of nitrogens with zero attached hydrogens (tertiary/aromatic N) is 2. The average Bonchev–Trinajstić information content (AvgIpc) is 2.63. The van der Waals surface area contributed by atoms with E-state index in [1.807, 2.05) is 6.92 Å². The Morgan fingerprint density at radius 2 is 2.11 bits per heavy atom. The van der Waals surface area contributed by atoms with Crippen molar-refractivity contribution in [3.05, 3.63) is 41.3 Å². The third-order valence-electron chi connectivity index (χ3n) is 3.09. The van der Waals surface area contributed by atoms with E-state index in [9.17, 15) is 9.18 Å². The van der Waals surface area contributed by atoms with Gasteiger partial charge in [-0.15, -0.1) is 0 Å². The third-order valence-corrected chi connectivity index (χ3v) is 3.09. The Bertz CT molecular complexity index is 620. The summed E-state index contributed by atoms with van der Waals surface area (Å²) < 4.78 is 15.4. The molecular weight excluding hydrogens is 247 g/mol. The molecule has 0 bridgehead atoms. The van der Waals surface area contributed by atoms with Gasteiger partial charge in [-0.3, -0.25) is 9.48 Å². The first-order valence-corrected chi connectivity index (χ1v) is 6.00. The number of carboxylic acid groups (broad SMARTS) is 1. The van der Waals surface area contributed by atoms with E-state index in [0.29, 0.717) is 23.4 Å². The highest BCUT2D eigenvalue weighted by Crippen LogP contribution is 2.27. The topological polar surface area (TPSA) is 55.1 Å². The lowest BCUT2D eigenvalue weighted by Gasteiger charge is -2.05. The Morgan fingerprint density at radius 1 is 1.42 bits per heavy atom. The van der Waals surface area contributed by atoms with Crippen molar-refractivity contribution < 1.29 is 14.3 Å². The van der Waals surface area contributed by atoms with E-state index in [1.165, 1.54) is 6.07 Å². The summed E-state index contributed by atoms with van der Waals surface area (Å²) in [6, 6.07) is 6.50. The van der Waals surface area contributed by atoms with Crippen LogP contribution in [0.5, 0.6) is 0 Å². The number of halogens is 1. The molecule has 5 heteroatoms. The second-order valence-corrected chi connectivity index (χ2v) is 4.42. The summed E-state index contributed by atoms with van der Waals surface area (Å²) in [6.45, 7) is 1.84. The summed E-state index contributed by atoms with van der Waals surface area (Å²) in [5, 5.41) is 13.0. The van der Waals surface area contributed by atoms with E-state index in [4.69, 9.17) is 5.11 Å². The molecule has 2 aromatic rings. The normalized spacial score (nSPS) is 10.7. The van der Waals surface area contributed by atoms with Crippen LogP contribution < -0.4 is 0 Å². The number of aliphatic carboxylic acids is 1. The van der Waals surface area contributed by atoms with Crippen LogP contribution >= 0.6 is 0 Å². The van der Waals surface area contributed by atoms with Gasteiger partial charge in [-0.25, -0.2) is 4.39 Å². The number of rotatable bonds is 4. The zero-order chi connectivity index (χ0) is 14.0. The van der Waals surface area contributed by atoms with Crippen molar-refractivity contribution in [3.63, 3.8) is 0 Å². The number of hydrogen-bond donors (Lipinski definition) is 1. The minimum Gasteiger partial charge on any atom is -0.481 e. The van der Waals surface area contributed by atoms with E-state index in [2.05, 4.69) is 5.10 Å². The second-order valence-electron chi connectivity index (χ2n) is 4.42. The average molecular weight is 262 g/mol. The van der Waals surface area contributed by atoms with Crippen molar-refractivity contribution in [2.75, 3.05) is 0 Å². The molecule has 1 N–H and O–H groups in total. The van der Waals surface area contributed by atoms with Gasteiger partial charge in [0.05, 0.1) is 17.8 Å². The molecule has 0 saturated heterocycles. The standard InChI is InChI=1S/C14H15FN2O2/c1-9-12(7-8-13(18)19)16-17(2)14(9)10-5-3-4-6-11(10)15/h3-6H,7-8H2,1-2H3,(H,18,19). The van der Waals surface area contributed by atoms with Crippen molar-refractivity contribution in [1.82, 2.24) is 9.78 Å². The molecule has 0 fully saturated rings. The lowest BCUT2D eigenvalue weighted by Crippen LogP contribution is -1.99. The maximum absolute atomic E-state index is 13.8. The SMILES string of the molecule is Cc1c(CCC(=O)O)nn(C)c1-c1ccccc1F. The van der Waals surface area contributed by atoms with Gasteiger partial charge in [0.25, 0.3) is 0 Å². The van der Waals surface area contributed by atoms with Gasteiger partial charge in [0.2, 0.25) is 0 Å². The zero-order valence-electron chi connectivity index (χ0n) is 10.9. The Kier molecular flexibility index (Phi) is 3.64. The fourth-order valence-corrected chi connectivity index (χ4v) is 2.18. The maximum atomic E-state index is 13.8. The van der Waals surface area contributed by atoms with Crippen LogP contribution in [-0.2, 0) is 18.3 Å². The smallest absolute Gasteiger partial charge is 0.303 e. The van der Waals surface area contributed by atoms with E-state index in [0.717, 1.165) is 5.56 Å². The van der Waals surface area contributed by atoms with Gasteiger partial charge in [0, 0.05) is 19.0 Å². The summed E-state index contributed by atoms with van der Waals surface area (Å²) >= 11 is 0. The number of carboxylic acids is 1. The molecule has 0 aliphatic rings. The molecule has 1 aromatic heterocycles. The molecule has 4 nitrogen and oxygen atoms in total. The minimum absolute atomic E-state index is 0.0224. The maximum Gasteiger partial charge on any atom is 0.303 e. The molecule has 0 spiro atoms. The lowest BCUT2D eigenvalue weighted by molar-refractivity contribution is -0.136. The monoisotopic (exact) mass is 262 g/mol. The van der Waals surface area contributed by atoms with Gasteiger partial charge in [0.1, 0.15) is 5.82 Å². The highest BCUT2D eigenvalue weighted by molar-refractivity contribution is 5.68. The molecule has 100 valence electrons. The third kappa shape index (κ3) is 2.65. The predicted molar refractivity (Wildman–Crippen MR) is 69.3 cm³/mol. The van der Waals surface area contributed by atoms with E-state index in [1.54, 1.807) is 29.9 Å². The van der Waals surface area contributed by atoms with Gasteiger partial charge in [-0.05, 0) is 24.6 Å². The molecule has 0 amide bonds. The van der Waals surface area contributed by atoms with Crippen LogP contribution in [0.2, 0.25) is 0 Å². The summed E-state index contributed by atoms with van der Waals surface area (Å²) in [6.07, 6.45) is 0.373. The number of benzene rings is 1. The first-order chi connectivity index (χ1) is 9.00. The number of carbonyl (C=O) groups is 1. The molecule has 2 rings (SSSR count). The Labute approximate surface area is 110 Å². The Morgan fingerprint density at radius 3 is 2.74 bits per heavy atom. The van der Waals surface area contributed by atoms with Crippen molar-refractivity contribution in [2.45, 2.75) is 19.8 Å². The molecule has 0 atom stereocenters. The van der Waals surface area contributed by atoms with Gasteiger partial charge >= 0.3 is 5.97 Å². The van der Waals surface area contributed by atoms with Crippen LogP contribution in [0.4, 0.5) is 4.39 Å². The van der Waals surface area contributed by atoms with Crippen molar-refractivity contribution in [1.29, 1.82) is 0 Å². The minimum atomic E-state index is -0.863. The van der Waals surface area contributed by atoms with Crippen LogP contribution in [0.15, 0.2) is 24.3 Å². The summed E-state index contributed by atoms with van der Waals surface area (Å²) in [4.78, 5) is 10.6. The summed E-state index contributed by atoms with van der Waals surface area (Å²) in [5.74, 6) is -1.17. The van der Waals surface area contributed by atoms with Crippen LogP contribution in [0, 0.1) is 12.7 Å². The van der Waals surface area contributed by atoms with Crippen molar-refractivity contribution in [2.24, 2.45) is 7.05 Å². The van der Waals surface area contributed by atoms with Crippen LogP contribution in [-0.4, -0.2) is 20.9 Å². The fraction of sp³-hybridized carbons (Fsp3) is 0.286. The van der Waals surface area contributed by atoms with Gasteiger partial charge in [-0.1, -0.05) is 12.1 Å². The largest absolute Gasteiger partial charge is 0.481 e. The van der Waals surface area contributed by atoms with E-state index in [-0.39, 0.29) is 12.2 Å². The molecule has 1 aromatic carbocycles. The first kappa shape index (κ1) is 13.3. The molecule has 1 heterocycles.